The fraction of sp³-hybridized carbons (Fsp3) is 0.375. The van der Waals surface area contributed by atoms with Gasteiger partial charge in [0.25, 0.3) is 0 Å². The van der Waals surface area contributed by atoms with E-state index in [1.54, 1.807) is 48.5 Å². The summed E-state index contributed by atoms with van der Waals surface area (Å²) in [6.07, 6.45) is 9.27. The predicted octanol–water partition coefficient (Wildman–Crippen LogP) is 8.07. The van der Waals surface area contributed by atoms with E-state index >= 15 is 0 Å². The molecule has 0 radical (unpaired) electrons. The number of carbonyl (C=O) groups is 2. The summed E-state index contributed by atoms with van der Waals surface area (Å²) in [5, 5.41) is 0. The first kappa shape index (κ1) is 27.2. The zero-order valence-corrected chi connectivity index (χ0v) is 21.6. The molecule has 0 aromatic heterocycles. The third-order valence-electron chi connectivity index (χ3n) is 6.18. The highest BCUT2D eigenvalue weighted by molar-refractivity contribution is 6.11. The average Bonchev–Trinajstić information content (AvgIpc) is 2.93. The minimum Gasteiger partial charge on any atom is -0.494 e. The monoisotopic (exact) mass is 486 g/mol. The molecule has 190 valence electrons. The Kier molecular flexibility index (Phi) is 11.2. The minimum absolute atomic E-state index is 0.0797. The summed E-state index contributed by atoms with van der Waals surface area (Å²) in [5.74, 6) is 1.39. The van der Waals surface area contributed by atoms with Crippen molar-refractivity contribution >= 4 is 11.6 Å². The molecule has 0 unspecified atom stereocenters. The number of ketones is 2. The maximum Gasteiger partial charge on any atom is 0.193 e. The number of benzene rings is 3. The van der Waals surface area contributed by atoms with Gasteiger partial charge in [-0.2, -0.15) is 0 Å². The van der Waals surface area contributed by atoms with Crippen molar-refractivity contribution < 1.29 is 19.1 Å². The summed E-state index contributed by atoms with van der Waals surface area (Å²) in [7, 11) is 0. The van der Waals surface area contributed by atoms with Crippen LogP contribution in [0.3, 0.4) is 0 Å². The highest BCUT2D eigenvalue weighted by Gasteiger charge is 2.13. The summed E-state index contributed by atoms with van der Waals surface area (Å²) in [4.78, 5) is 25.8. The topological polar surface area (TPSA) is 52.6 Å². The average molecular weight is 487 g/mol. The number of hydrogen-bond donors (Lipinski definition) is 0. The molecule has 3 rings (SSSR count). The highest BCUT2D eigenvalue weighted by Crippen LogP contribution is 2.19. The van der Waals surface area contributed by atoms with Gasteiger partial charge in [-0.1, -0.05) is 76.6 Å². The van der Waals surface area contributed by atoms with E-state index in [0.29, 0.717) is 35.5 Å². The van der Waals surface area contributed by atoms with Crippen molar-refractivity contribution in [3.05, 3.63) is 95.1 Å². The van der Waals surface area contributed by atoms with Gasteiger partial charge in [0.05, 0.1) is 13.2 Å². The first-order chi connectivity index (χ1) is 17.6. The number of carbonyl (C=O) groups excluding carboxylic acids is 2. The second-order valence-corrected chi connectivity index (χ2v) is 9.10. The summed E-state index contributed by atoms with van der Waals surface area (Å²) in [6, 6.07) is 21.3. The smallest absolute Gasteiger partial charge is 0.193 e. The summed E-state index contributed by atoms with van der Waals surface area (Å²) in [5.41, 5.74) is 2.29. The van der Waals surface area contributed by atoms with E-state index in [1.165, 1.54) is 38.5 Å². The van der Waals surface area contributed by atoms with Gasteiger partial charge in [-0.25, -0.2) is 0 Å². The molecule has 0 aliphatic carbocycles. The van der Waals surface area contributed by atoms with Crippen LogP contribution < -0.4 is 9.47 Å². The number of hydrogen-bond acceptors (Lipinski definition) is 4. The Morgan fingerprint density at radius 2 is 0.778 bits per heavy atom. The molecule has 0 amide bonds. The lowest BCUT2D eigenvalue weighted by atomic mass is 9.98. The van der Waals surface area contributed by atoms with Crippen molar-refractivity contribution in [2.75, 3.05) is 13.2 Å². The molecule has 0 bridgehead atoms. The molecule has 0 spiro atoms. The standard InChI is InChI=1S/C32H38O4/c1-3-5-7-9-23-35-29-19-15-27(16-20-29)31(33)25-11-13-26(14-12-25)32(34)28-17-21-30(22-18-28)36-24-10-8-6-4-2/h11-22H,3-10,23-24H2,1-2H3. The Morgan fingerprint density at radius 3 is 1.08 bits per heavy atom. The summed E-state index contributed by atoms with van der Waals surface area (Å²) < 4.78 is 11.5. The highest BCUT2D eigenvalue weighted by atomic mass is 16.5. The lowest BCUT2D eigenvalue weighted by Crippen LogP contribution is -2.05. The number of ether oxygens (including phenoxy) is 2. The molecule has 0 aliphatic rings. The third kappa shape index (κ3) is 8.37. The molecule has 0 atom stereocenters. The van der Waals surface area contributed by atoms with Gasteiger partial charge in [-0.3, -0.25) is 9.59 Å². The Labute approximate surface area is 215 Å². The van der Waals surface area contributed by atoms with E-state index in [2.05, 4.69) is 13.8 Å². The second kappa shape index (κ2) is 14.9. The third-order valence-corrected chi connectivity index (χ3v) is 6.18. The van der Waals surface area contributed by atoms with Crippen LogP contribution in [0.4, 0.5) is 0 Å². The van der Waals surface area contributed by atoms with Gasteiger partial charge < -0.3 is 9.47 Å². The van der Waals surface area contributed by atoms with Crippen molar-refractivity contribution in [3.63, 3.8) is 0 Å². The van der Waals surface area contributed by atoms with E-state index in [1.807, 2.05) is 24.3 Å². The quantitative estimate of drug-likeness (QED) is 0.152. The molecule has 0 N–H and O–H groups in total. The summed E-state index contributed by atoms with van der Waals surface area (Å²) in [6.45, 7) is 5.76. The van der Waals surface area contributed by atoms with Gasteiger partial charge in [0, 0.05) is 22.3 Å². The fourth-order valence-electron chi connectivity index (χ4n) is 3.95. The molecule has 4 heteroatoms. The zero-order chi connectivity index (χ0) is 25.6. The van der Waals surface area contributed by atoms with Crippen molar-refractivity contribution in [1.29, 1.82) is 0 Å². The van der Waals surface area contributed by atoms with Crippen LogP contribution >= 0.6 is 0 Å². The van der Waals surface area contributed by atoms with E-state index < -0.39 is 0 Å². The normalized spacial score (nSPS) is 10.7. The van der Waals surface area contributed by atoms with E-state index in [-0.39, 0.29) is 11.6 Å². The SMILES string of the molecule is CCCCCCOc1ccc(C(=O)c2ccc(C(=O)c3ccc(OCCCCCC)cc3)cc2)cc1. The molecule has 36 heavy (non-hydrogen) atoms. The van der Waals surface area contributed by atoms with Crippen LogP contribution in [-0.2, 0) is 0 Å². The maximum atomic E-state index is 12.9. The Bertz CT molecular complexity index is 978. The molecular weight excluding hydrogens is 448 g/mol. The lowest BCUT2D eigenvalue weighted by molar-refractivity contribution is 0.102. The van der Waals surface area contributed by atoms with Crippen molar-refractivity contribution in [1.82, 2.24) is 0 Å². The van der Waals surface area contributed by atoms with Gasteiger partial charge in [0.15, 0.2) is 11.6 Å². The number of unbranched alkanes of at least 4 members (excludes halogenated alkanes) is 6. The molecule has 0 saturated carbocycles. The molecule has 0 saturated heterocycles. The molecule has 0 fully saturated rings. The van der Waals surface area contributed by atoms with Crippen LogP contribution in [0.1, 0.15) is 97.1 Å². The van der Waals surface area contributed by atoms with Crippen LogP contribution in [0.5, 0.6) is 11.5 Å². The van der Waals surface area contributed by atoms with Gasteiger partial charge in [0.2, 0.25) is 0 Å². The molecule has 0 heterocycles. The molecule has 4 nitrogen and oxygen atoms in total. The van der Waals surface area contributed by atoms with E-state index in [0.717, 1.165) is 24.3 Å². The predicted molar refractivity (Wildman–Crippen MR) is 145 cm³/mol. The van der Waals surface area contributed by atoms with Crippen LogP contribution in [0.2, 0.25) is 0 Å². The maximum absolute atomic E-state index is 12.9. The van der Waals surface area contributed by atoms with E-state index in [9.17, 15) is 9.59 Å². The number of rotatable bonds is 16. The van der Waals surface area contributed by atoms with Gasteiger partial charge in [-0.05, 0) is 61.4 Å². The molecule has 0 aliphatic heterocycles. The van der Waals surface area contributed by atoms with Crippen LogP contribution in [-0.4, -0.2) is 24.8 Å². The molecular formula is C32H38O4. The Hall–Kier alpha value is -3.40. The van der Waals surface area contributed by atoms with E-state index in [4.69, 9.17) is 9.47 Å². The largest absolute Gasteiger partial charge is 0.494 e. The zero-order valence-electron chi connectivity index (χ0n) is 21.6. The fourth-order valence-corrected chi connectivity index (χ4v) is 3.95. The molecule has 3 aromatic rings. The lowest BCUT2D eigenvalue weighted by Gasteiger charge is -2.08. The van der Waals surface area contributed by atoms with Crippen LogP contribution in [0.25, 0.3) is 0 Å². The second-order valence-electron chi connectivity index (χ2n) is 9.10. The minimum atomic E-state index is -0.0797. The van der Waals surface area contributed by atoms with Crippen molar-refractivity contribution in [3.8, 4) is 11.5 Å². The van der Waals surface area contributed by atoms with Crippen LogP contribution in [0, 0.1) is 0 Å². The Morgan fingerprint density at radius 1 is 0.472 bits per heavy atom. The summed E-state index contributed by atoms with van der Waals surface area (Å²) >= 11 is 0. The molecule has 3 aromatic carbocycles. The van der Waals surface area contributed by atoms with Crippen molar-refractivity contribution in [2.45, 2.75) is 65.2 Å². The Balaban J connectivity index is 1.53. The van der Waals surface area contributed by atoms with Crippen molar-refractivity contribution in [2.24, 2.45) is 0 Å². The van der Waals surface area contributed by atoms with Gasteiger partial charge >= 0.3 is 0 Å². The van der Waals surface area contributed by atoms with Crippen LogP contribution in [0.15, 0.2) is 72.8 Å². The first-order valence-corrected chi connectivity index (χ1v) is 13.3. The van der Waals surface area contributed by atoms with Gasteiger partial charge in [-0.15, -0.1) is 0 Å². The van der Waals surface area contributed by atoms with Gasteiger partial charge in [0.1, 0.15) is 11.5 Å². The first-order valence-electron chi connectivity index (χ1n) is 13.3.